The molecule has 2 unspecified atom stereocenters. The molecule has 0 saturated carbocycles. The van der Waals surface area contributed by atoms with E-state index in [1.807, 2.05) is 12.1 Å². The van der Waals surface area contributed by atoms with Crippen molar-refractivity contribution in [3.05, 3.63) is 35.6 Å². The lowest BCUT2D eigenvalue weighted by Gasteiger charge is -2.36. The van der Waals surface area contributed by atoms with Crippen LogP contribution in [0.25, 0.3) is 0 Å². The molecule has 0 amide bonds. The molecule has 0 radical (unpaired) electrons. The van der Waals surface area contributed by atoms with Crippen LogP contribution in [0.3, 0.4) is 0 Å². The van der Waals surface area contributed by atoms with Gasteiger partial charge in [-0.15, -0.1) is 0 Å². The van der Waals surface area contributed by atoms with Crippen molar-refractivity contribution in [3.63, 3.8) is 0 Å². The van der Waals surface area contributed by atoms with Gasteiger partial charge in [-0.1, -0.05) is 19.1 Å². The maximum absolute atomic E-state index is 12.9. The first-order chi connectivity index (χ1) is 10.3. The number of hydrogen-bond acceptors (Lipinski definition) is 4. The number of nitrogens with zero attached hydrogens (tertiary/aromatic N) is 1. The van der Waals surface area contributed by atoms with Gasteiger partial charge in [0.2, 0.25) is 0 Å². The molecular formula is C16H24FNO3S. The number of likely N-dealkylation sites (tertiary alicyclic amines) is 1. The largest absolute Gasteiger partial charge is 0.303 e. The van der Waals surface area contributed by atoms with Crippen molar-refractivity contribution in [1.82, 2.24) is 4.90 Å². The Morgan fingerprint density at radius 2 is 2.00 bits per heavy atom. The van der Waals surface area contributed by atoms with Gasteiger partial charge in [-0.3, -0.25) is 4.18 Å². The van der Waals surface area contributed by atoms with Crippen LogP contribution in [0.5, 0.6) is 0 Å². The summed E-state index contributed by atoms with van der Waals surface area (Å²) in [6, 6.07) is 6.59. The first kappa shape index (κ1) is 17.4. The molecule has 1 aromatic rings. The first-order valence-electron chi connectivity index (χ1n) is 7.64. The van der Waals surface area contributed by atoms with Gasteiger partial charge in [0, 0.05) is 13.1 Å². The van der Waals surface area contributed by atoms with Crippen molar-refractivity contribution in [2.75, 3.05) is 32.5 Å². The summed E-state index contributed by atoms with van der Waals surface area (Å²) in [5, 5.41) is 0. The summed E-state index contributed by atoms with van der Waals surface area (Å²) in [6.07, 6.45) is 3.00. The van der Waals surface area contributed by atoms with Gasteiger partial charge in [0.15, 0.2) is 0 Å². The highest BCUT2D eigenvalue weighted by molar-refractivity contribution is 7.85. The zero-order valence-corrected chi connectivity index (χ0v) is 14.0. The van der Waals surface area contributed by atoms with Gasteiger partial charge >= 0.3 is 0 Å². The van der Waals surface area contributed by atoms with Gasteiger partial charge in [-0.25, -0.2) is 4.39 Å². The van der Waals surface area contributed by atoms with Crippen LogP contribution in [0.2, 0.25) is 0 Å². The third-order valence-electron chi connectivity index (χ3n) is 4.32. The van der Waals surface area contributed by atoms with Gasteiger partial charge < -0.3 is 4.90 Å². The molecule has 0 aliphatic carbocycles. The van der Waals surface area contributed by atoms with Gasteiger partial charge in [-0.2, -0.15) is 8.42 Å². The van der Waals surface area contributed by atoms with Gasteiger partial charge in [0.1, 0.15) is 5.82 Å². The second kappa shape index (κ2) is 7.53. The third kappa shape index (κ3) is 5.66. The molecule has 0 spiro atoms. The Bertz CT molecular complexity index is 574. The van der Waals surface area contributed by atoms with Crippen molar-refractivity contribution < 1.29 is 17.0 Å². The van der Waals surface area contributed by atoms with Crippen LogP contribution in [-0.4, -0.2) is 45.8 Å². The molecule has 1 aliphatic heterocycles. The highest BCUT2D eigenvalue weighted by Crippen LogP contribution is 2.24. The number of rotatable bonds is 6. The molecule has 1 fully saturated rings. The van der Waals surface area contributed by atoms with Gasteiger partial charge in [-0.05, 0) is 48.9 Å². The van der Waals surface area contributed by atoms with Crippen molar-refractivity contribution in [2.24, 2.45) is 11.8 Å². The second-order valence-corrected chi connectivity index (χ2v) is 7.84. The van der Waals surface area contributed by atoms with Crippen LogP contribution >= 0.6 is 0 Å². The predicted octanol–water partition coefficient (Wildman–Crippen LogP) is 2.30. The summed E-state index contributed by atoms with van der Waals surface area (Å²) >= 11 is 0. The third-order valence-corrected chi connectivity index (χ3v) is 4.89. The smallest absolute Gasteiger partial charge is 0.264 e. The highest BCUT2D eigenvalue weighted by atomic mass is 32.2. The Hall–Kier alpha value is -0.980. The minimum Gasteiger partial charge on any atom is -0.303 e. The summed E-state index contributed by atoms with van der Waals surface area (Å²) in [4.78, 5) is 2.33. The lowest BCUT2D eigenvalue weighted by Crippen LogP contribution is -2.42. The average molecular weight is 329 g/mol. The van der Waals surface area contributed by atoms with E-state index >= 15 is 0 Å². The fraction of sp³-hybridized carbons (Fsp3) is 0.625. The topological polar surface area (TPSA) is 46.6 Å². The van der Waals surface area contributed by atoms with E-state index < -0.39 is 10.1 Å². The number of hydrogen-bond donors (Lipinski definition) is 0. The Morgan fingerprint density at radius 1 is 1.32 bits per heavy atom. The maximum Gasteiger partial charge on any atom is 0.264 e. The Balaban J connectivity index is 1.83. The molecule has 1 saturated heterocycles. The zero-order chi connectivity index (χ0) is 16.2. The molecule has 1 aliphatic rings. The van der Waals surface area contributed by atoms with Crippen molar-refractivity contribution in [1.29, 1.82) is 0 Å². The summed E-state index contributed by atoms with van der Waals surface area (Å²) in [7, 11) is -3.38. The standard InChI is InChI=1S/C16H24FNO3S/c1-13-7-9-18(11-15(13)12-21-22(2,19)20)10-8-14-3-5-16(17)6-4-14/h3-6,13,15H,7-12H2,1-2H3. The van der Waals surface area contributed by atoms with Crippen LogP contribution in [0.15, 0.2) is 24.3 Å². The van der Waals surface area contributed by atoms with E-state index in [9.17, 15) is 12.8 Å². The normalized spacial score (nSPS) is 23.6. The summed E-state index contributed by atoms with van der Waals surface area (Å²) in [5.41, 5.74) is 1.11. The second-order valence-electron chi connectivity index (χ2n) is 6.19. The quantitative estimate of drug-likeness (QED) is 0.752. The molecule has 1 aromatic carbocycles. The lowest BCUT2D eigenvalue weighted by atomic mass is 9.87. The number of piperidine rings is 1. The van der Waals surface area contributed by atoms with Crippen molar-refractivity contribution in [3.8, 4) is 0 Å². The number of halogens is 1. The summed E-state index contributed by atoms with van der Waals surface area (Å²) in [5.74, 6) is 0.481. The zero-order valence-electron chi connectivity index (χ0n) is 13.2. The maximum atomic E-state index is 12.9. The molecule has 2 rings (SSSR count). The Kier molecular flexibility index (Phi) is 5.94. The van der Waals surface area contributed by atoms with Crippen molar-refractivity contribution >= 4 is 10.1 Å². The monoisotopic (exact) mass is 329 g/mol. The number of benzene rings is 1. The Morgan fingerprint density at radius 3 is 2.64 bits per heavy atom. The van der Waals surface area contributed by atoms with E-state index in [0.29, 0.717) is 5.92 Å². The van der Waals surface area contributed by atoms with E-state index in [1.54, 1.807) is 0 Å². The van der Waals surface area contributed by atoms with E-state index in [4.69, 9.17) is 4.18 Å². The summed E-state index contributed by atoms with van der Waals surface area (Å²) in [6.45, 7) is 5.16. The minimum atomic E-state index is -3.38. The van der Waals surface area contributed by atoms with Crippen LogP contribution in [0.1, 0.15) is 18.9 Å². The first-order valence-corrected chi connectivity index (χ1v) is 9.46. The molecule has 22 heavy (non-hydrogen) atoms. The molecule has 6 heteroatoms. The van der Waals surface area contributed by atoms with Crippen LogP contribution in [-0.2, 0) is 20.7 Å². The SMILES string of the molecule is CC1CCN(CCc2ccc(F)cc2)CC1COS(C)(=O)=O. The average Bonchev–Trinajstić information content (AvgIpc) is 2.46. The fourth-order valence-electron chi connectivity index (χ4n) is 2.79. The molecule has 0 aromatic heterocycles. The molecule has 0 bridgehead atoms. The van der Waals surface area contributed by atoms with Crippen LogP contribution < -0.4 is 0 Å². The molecule has 1 heterocycles. The molecular weight excluding hydrogens is 305 g/mol. The van der Waals surface area contributed by atoms with Gasteiger partial charge in [0.05, 0.1) is 12.9 Å². The lowest BCUT2D eigenvalue weighted by molar-refractivity contribution is 0.0919. The summed E-state index contributed by atoms with van der Waals surface area (Å²) < 4.78 is 40.1. The minimum absolute atomic E-state index is 0.214. The van der Waals surface area contributed by atoms with Crippen LogP contribution in [0, 0.1) is 17.7 Å². The van der Waals surface area contributed by atoms with E-state index in [1.165, 1.54) is 12.1 Å². The molecule has 124 valence electrons. The van der Waals surface area contributed by atoms with E-state index in [2.05, 4.69) is 11.8 Å². The molecule has 2 atom stereocenters. The fourth-order valence-corrected chi connectivity index (χ4v) is 3.22. The molecule has 0 N–H and O–H groups in total. The van der Waals surface area contributed by atoms with Crippen molar-refractivity contribution in [2.45, 2.75) is 19.8 Å². The predicted molar refractivity (Wildman–Crippen MR) is 84.6 cm³/mol. The molecule has 4 nitrogen and oxygen atoms in total. The van der Waals surface area contributed by atoms with Gasteiger partial charge in [0.25, 0.3) is 10.1 Å². The Labute approximate surface area is 132 Å². The van der Waals surface area contributed by atoms with E-state index in [0.717, 1.165) is 44.3 Å². The van der Waals surface area contributed by atoms with E-state index in [-0.39, 0.29) is 18.3 Å². The highest BCUT2D eigenvalue weighted by Gasteiger charge is 2.27. The van der Waals surface area contributed by atoms with Crippen LogP contribution in [0.4, 0.5) is 4.39 Å².